The summed E-state index contributed by atoms with van der Waals surface area (Å²) in [5, 5.41) is 43.4. The number of aliphatic hydroxyl groups is 2. The molecule has 1 saturated heterocycles. The Hall–Kier alpha value is -3.53. The number of imide groups is 1. The number of aliphatic hydroxyl groups excluding tert-OH is 2. The molecule has 2 aliphatic rings. The first kappa shape index (κ1) is 30.4. The molecule has 0 aromatic heterocycles. The number of hydrogen-bond donors (Lipinski definition) is 3. The van der Waals surface area contributed by atoms with Crippen molar-refractivity contribution >= 4 is 40.9 Å². The average molecular weight is 583 g/mol. The Morgan fingerprint density at radius 2 is 1.93 bits per heavy atom. The van der Waals surface area contributed by atoms with Gasteiger partial charge in [-0.15, -0.1) is 0 Å². The number of phenolic OH excluding ortho intramolecular Hbond substituents is 1. The third kappa shape index (κ3) is 6.07. The molecule has 4 atom stereocenters. The molecule has 1 fully saturated rings. The van der Waals surface area contributed by atoms with Gasteiger partial charge in [-0.1, -0.05) is 55.7 Å². The highest BCUT2D eigenvalue weighted by Crippen LogP contribution is 2.49. The highest BCUT2D eigenvalue weighted by molar-refractivity contribution is 6.32. The molecular formula is C31H35ClN2O7. The number of rotatable bonds is 10. The zero-order valence-electron chi connectivity index (χ0n) is 23.3. The monoisotopic (exact) mass is 582 g/mol. The second-order valence-electron chi connectivity index (χ2n) is 11.0. The Morgan fingerprint density at radius 1 is 1.20 bits per heavy atom. The van der Waals surface area contributed by atoms with Crippen molar-refractivity contribution < 1.29 is 29.8 Å². The zero-order chi connectivity index (χ0) is 30.0. The number of nitro benzene ring substituents is 1. The Morgan fingerprint density at radius 3 is 2.54 bits per heavy atom. The zero-order valence-corrected chi connectivity index (χ0v) is 24.0. The second-order valence-corrected chi connectivity index (χ2v) is 11.4. The summed E-state index contributed by atoms with van der Waals surface area (Å²) in [7, 11) is 0. The van der Waals surface area contributed by atoms with E-state index in [9.17, 15) is 35.0 Å². The molecule has 0 radical (unpaired) electrons. The number of benzene rings is 2. The van der Waals surface area contributed by atoms with Crippen LogP contribution in [-0.2, 0) is 9.59 Å². The number of amides is 2. The Kier molecular flexibility index (Phi) is 9.31. The van der Waals surface area contributed by atoms with Crippen LogP contribution in [0.3, 0.4) is 0 Å². The first-order valence-electron chi connectivity index (χ1n) is 13.8. The lowest BCUT2D eigenvalue weighted by atomic mass is 9.66. The SMILES string of the molecule is CC/C(=C\c1ccc(O)cc1Cl)CC[C@@H](O)C1=C(C(C)C)C[C@H]2C(=O)N(c3cccc([N+](=O)[O-])c3)C(=O)[C@H]2[C@H]1CO. The van der Waals surface area contributed by atoms with E-state index in [0.717, 1.165) is 21.6 Å². The molecule has 0 unspecified atom stereocenters. The predicted octanol–water partition coefficient (Wildman–Crippen LogP) is 5.66. The third-order valence-electron chi connectivity index (χ3n) is 8.21. The Balaban J connectivity index is 1.63. The van der Waals surface area contributed by atoms with Gasteiger partial charge in [-0.3, -0.25) is 19.7 Å². The number of carbonyl (C=O) groups is 2. The molecule has 9 nitrogen and oxygen atoms in total. The van der Waals surface area contributed by atoms with Crippen molar-refractivity contribution in [2.45, 2.75) is 52.6 Å². The largest absolute Gasteiger partial charge is 0.508 e. The first-order valence-corrected chi connectivity index (χ1v) is 14.2. The van der Waals surface area contributed by atoms with E-state index in [1.807, 2.05) is 26.8 Å². The molecule has 0 spiro atoms. The summed E-state index contributed by atoms with van der Waals surface area (Å²) in [5.74, 6) is -3.31. The minimum Gasteiger partial charge on any atom is -0.508 e. The predicted molar refractivity (Wildman–Crippen MR) is 156 cm³/mol. The first-order chi connectivity index (χ1) is 19.5. The molecule has 3 N–H and O–H groups in total. The van der Waals surface area contributed by atoms with Gasteiger partial charge in [0.15, 0.2) is 0 Å². The molecule has 1 heterocycles. The normalized spacial score (nSPS) is 22.0. The van der Waals surface area contributed by atoms with E-state index in [1.54, 1.807) is 12.1 Å². The van der Waals surface area contributed by atoms with Crippen molar-refractivity contribution in [2.24, 2.45) is 23.7 Å². The molecule has 10 heteroatoms. The number of halogens is 1. The van der Waals surface area contributed by atoms with Gasteiger partial charge >= 0.3 is 0 Å². The van der Waals surface area contributed by atoms with E-state index < -0.39 is 47.2 Å². The number of fused-ring (bicyclic) bond motifs is 1. The molecule has 2 amide bonds. The van der Waals surface area contributed by atoms with E-state index in [0.29, 0.717) is 29.9 Å². The van der Waals surface area contributed by atoms with Crippen LogP contribution < -0.4 is 4.90 Å². The van der Waals surface area contributed by atoms with E-state index in [2.05, 4.69) is 0 Å². The lowest BCUT2D eigenvalue weighted by Gasteiger charge is -2.38. The van der Waals surface area contributed by atoms with Gasteiger partial charge in [0.05, 0.1) is 40.2 Å². The number of non-ortho nitro benzene ring substituents is 1. The number of phenols is 1. The van der Waals surface area contributed by atoms with E-state index in [4.69, 9.17) is 11.6 Å². The topological polar surface area (TPSA) is 141 Å². The average Bonchev–Trinajstić information content (AvgIpc) is 3.19. The van der Waals surface area contributed by atoms with E-state index >= 15 is 0 Å². The maximum absolute atomic E-state index is 13.7. The van der Waals surface area contributed by atoms with Crippen LogP contribution in [0.2, 0.25) is 5.02 Å². The van der Waals surface area contributed by atoms with Crippen LogP contribution in [0.15, 0.2) is 59.2 Å². The summed E-state index contributed by atoms with van der Waals surface area (Å²) in [6.45, 7) is 5.49. The number of nitro groups is 1. The lowest BCUT2D eigenvalue weighted by Crippen LogP contribution is -2.39. The van der Waals surface area contributed by atoms with Crippen LogP contribution in [0.25, 0.3) is 6.08 Å². The van der Waals surface area contributed by atoms with Crippen LogP contribution in [0.1, 0.15) is 52.0 Å². The molecule has 41 heavy (non-hydrogen) atoms. The second kappa shape index (κ2) is 12.5. The van der Waals surface area contributed by atoms with Crippen molar-refractivity contribution in [1.29, 1.82) is 0 Å². The molecule has 4 rings (SSSR count). The summed E-state index contributed by atoms with van der Waals surface area (Å²) >= 11 is 6.28. The van der Waals surface area contributed by atoms with Gasteiger partial charge in [0, 0.05) is 18.1 Å². The van der Waals surface area contributed by atoms with Crippen molar-refractivity contribution in [2.75, 3.05) is 11.5 Å². The third-order valence-corrected chi connectivity index (χ3v) is 8.54. The molecular weight excluding hydrogens is 548 g/mol. The lowest BCUT2D eigenvalue weighted by molar-refractivity contribution is -0.384. The van der Waals surface area contributed by atoms with Gasteiger partial charge in [-0.05, 0) is 67.0 Å². The number of anilines is 1. The van der Waals surface area contributed by atoms with Crippen LogP contribution in [0.5, 0.6) is 5.75 Å². The van der Waals surface area contributed by atoms with Gasteiger partial charge < -0.3 is 15.3 Å². The van der Waals surface area contributed by atoms with Crippen LogP contribution in [-0.4, -0.2) is 44.8 Å². The maximum Gasteiger partial charge on any atom is 0.271 e. The molecule has 0 bridgehead atoms. The molecule has 0 saturated carbocycles. The molecule has 2 aromatic rings. The minimum atomic E-state index is -0.953. The smallest absolute Gasteiger partial charge is 0.271 e. The summed E-state index contributed by atoms with van der Waals surface area (Å²) in [4.78, 5) is 39.0. The Labute approximate surface area is 243 Å². The van der Waals surface area contributed by atoms with Crippen molar-refractivity contribution in [1.82, 2.24) is 0 Å². The van der Waals surface area contributed by atoms with Crippen molar-refractivity contribution in [3.8, 4) is 5.75 Å². The minimum absolute atomic E-state index is 0.0404. The van der Waals surface area contributed by atoms with Gasteiger partial charge in [-0.25, -0.2) is 4.90 Å². The fourth-order valence-electron chi connectivity index (χ4n) is 6.13. The highest BCUT2D eigenvalue weighted by atomic mass is 35.5. The molecule has 1 aliphatic carbocycles. The summed E-state index contributed by atoms with van der Waals surface area (Å²) in [5.41, 5.74) is 3.12. The number of allylic oxidation sites excluding steroid dienone is 2. The van der Waals surface area contributed by atoms with Crippen LogP contribution in [0.4, 0.5) is 11.4 Å². The van der Waals surface area contributed by atoms with E-state index in [1.165, 1.54) is 30.3 Å². The maximum atomic E-state index is 13.7. The number of carbonyl (C=O) groups excluding carboxylic acids is 2. The quantitative estimate of drug-likeness (QED) is 0.142. The number of hydrogen-bond acceptors (Lipinski definition) is 7. The summed E-state index contributed by atoms with van der Waals surface area (Å²) < 4.78 is 0. The Bertz CT molecular complexity index is 1420. The van der Waals surface area contributed by atoms with E-state index in [-0.39, 0.29) is 29.5 Å². The van der Waals surface area contributed by atoms with Crippen LogP contribution >= 0.6 is 11.6 Å². The van der Waals surface area contributed by atoms with Gasteiger partial charge in [0.25, 0.3) is 5.69 Å². The van der Waals surface area contributed by atoms with Crippen LogP contribution in [0, 0.1) is 33.8 Å². The standard InChI is InChI=1S/C31H35ClN2O7/c1-4-18(12-19-9-10-22(36)14-26(19)32)8-11-27(37)28-23(17(2)3)15-24-29(25(28)16-35)31(39)33(30(24)38)20-6-5-7-21(13-20)34(40)41/h5-7,9-10,12-14,17,24-25,27,29,35-37H,4,8,11,15-16H2,1-3H3/b18-12+/t24-,25+,27-,29-/m1/s1. The van der Waals surface area contributed by atoms with Gasteiger partial charge in [0.1, 0.15) is 5.75 Å². The summed E-state index contributed by atoms with van der Waals surface area (Å²) in [6.07, 6.45) is 2.82. The number of aromatic hydroxyl groups is 1. The highest BCUT2D eigenvalue weighted by Gasteiger charge is 2.55. The van der Waals surface area contributed by atoms with Gasteiger partial charge in [-0.2, -0.15) is 0 Å². The fourth-order valence-corrected chi connectivity index (χ4v) is 6.36. The number of nitrogens with zero attached hydrogens (tertiary/aromatic N) is 2. The van der Waals surface area contributed by atoms with Gasteiger partial charge in [0.2, 0.25) is 11.8 Å². The molecule has 218 valence electrons. The van der Waals surface area contributed by atoms with Crippen molar-refractivity contribution in [3.05, 3.63) is 79.9 Å². The molecule has 1 aliphatic heterocycles. The fraction of sp³-hybridized carbons (Fsp3) is 0.419. The van der Waals surface area contributed by atoms with Crippen molar-refractivity contribution in [3.63, 3.8) is 0 Å². The summed E-state index contributed by atoms with van der Waals surface area (Å²) in [6, 6.07) is 10.2. The molecule has 2 aromatic carbocycles.